The topological polar surface area (TPSA) is 94.2 Å². The van der Waals surface area contributed by atoms with Crippen LogP contribution in [-0.4, -0.2) is 43.6 Å². The van der Waals surface area contributed by atoms with Crippen molar-refractivity contribution in [3.63, 3.8) is 0 Å². The Kier molecular flexibility index (Phi) is 3.03. The molecule has 1 saturated heterocycles. The maximum Gasteiger partial charge on any atom is 0.491 e. The molecule has 0 aliphatic carbocycles. The number of hydrogen-bond donors (Lipinski definition) is 0. The van der Waals surface area contributed by atoms with E-state index in [0.29, 0.717) is 5.82 Å². The molecule has 0 radical (unpaired) electrons. The van der Waals surface area contributed by atoms with Crippen molar-refractivity contribution in [1.82, 2.24) is 19.7 Å². The highest BCUT2D eigenvalue weighted by atomic mass is 16.6. The van der Waals surface area contributed by atoms with Crippen molar-refractivity contribution in [3.8, 4) is 0 Å². The first-order valence-corrected chi connectivity index (χ1v) is 5.41. The van der Waals surface area contributed by atoms with E-state index in [-0.39, 0.29) is 12.5 Å². The molecule has 0 bridgehead atoms. The van der Waals surface area contributed by atoms with Crippen LogP contribution in [0.15, 0.2) is 0 Å². The molecule has 0 saturated carbocycles. The number of aromatic nitrogens is 3. The number of likely N-dealkylation sites (tertiary alicyclic amines) is 1. The minimum atomic E-state index is -0.663. The average Bonchev–Trinajstić information content (AvgIpc) is 2.88. The molecular formula is C9H13N5O3. The summed E-state index contributed by atoms with van der Waals surface area (Å²) in [5.74, 6) is -0.147. The third kappa shape index (κ3) is 2.40. The Morgan fingerprint density at radius 2 is 2.12 bits per heavy atom. The van der Waals surface area contributed by atoms with Crippen molar-refractivity contribution in [3.05, 3.63) is 15.9 Å². The number of carbonyl (C=O) groups excluding carboxylic acids is 1. The van der Waals surface area contributed by atoms with Crippen molar-refractivity contribution in [2.24, 2.45) is 0 Å². The Bertz CT molecular complexity index is 449. The molecule has 92 valence electrons. The Hall–Kier alpha value is -1.99. The SMILES string of the molecule is Cc1nc([N+](=O)[O-])nn1CC(=O)N1CCCC1. The number of nitrogens with zero attached hydrogens (tertiary/aromatic N) is 5. The van der Waals surface area contributed by atoms with Gasteiger partial charge in [0.25, 0.3) is 0 Å². The van der Waals surface area contributed by atoms with Gasteiger partial charge in [-0.05, 0) is 22.7 Å². The van der Waals surface area contributed by atoms with Crippen LogP contribution in [0, 0.1) is 17.0 Å². The highest BCUT2D eigenvalue weighted by Crippen LogP contribution is 2.10. The molecule has 1 aromatic rings. The van der Waals surface area contributed by atoms with Gasteiger partial charge in [0.05, 0.1) is 0 Å². The van der Waals surface area contributed by atoms with Crippen LogP contribution < -0.4 is 0 Å². The van der Waals surface area contributed by atoms with Gasteiger partial charge in [-0.1, -0.05) is 0 Å². The zero-order valence-electron chi connectivity index (χ0n) is 9.50. The molecule has 2 rings (SSSR count). The summed E-state index contributed by atoms with van der Waals surface area (Å²) in [6.07, 6.45) is 2.03. The van der Waals surface area contributed by atoms with Gasteiger partial charge in [0.15, 0.2) is 0 Å². The maximum absolute atomic E-state index is 11.8. The third-order valence-corrected chi connectivity index (χ3v) is 2.75. The van der Waals surface area contributed by atoms with E-state index >= 15 is 0 Å². The van der Waals surface area contributed by atoms with E-state index < -0.39 is 10.9 Å². The summed E-state index contributed by atoms with van der Waals surface area (Å²) in [6.45, 7) is 3.13. The molecule has 1 aliphatic rings. The fraction of sp³-hybridized carbons (Fsp3) is 0.667. The van der Waals surface area contributed by atoms with Crippen LogP contribution in [0.2, 0.25) is 0 Å². The predicted molar refractivity (Wildman–Crippen MR) is 57.2 cm³/mol. The Morgan fingerprint density at radius 1 is 1.47 bits per heavy atom. The van der Waals surface area contributed by atoms with Crippen LogP contribution in [0.5, 0.6) is 0 Å². The maximum atomic E-state index is 11.8. The van der Waals surface area contributed by atoms with Crippen molar-refractivity contribution in [1.29, 1.82) is 0 Å². The van der Waals surface area contributed by atoms with Gasteiger partial charge in [0, 0.05) is 25.1 Å². The molecule has 8 heteroatoms. The first kappa shape index (κ1) is 11.5. The van der Waals surface area contributed by atoms with Crippen LogP contribution in [-0.2, 0) is 11.3 Å². The Morgan fingerprint density at radius 3 is 2.65 bits per heavy atom. The minimum Gasteiger partial charge on any atom is -0.390 e. The van der Waals surface area contributed by atoms with Crippen molar-refractivity contribution in [2.45, 2.75) is 26.3 Å². The third-order valence-electron chi connectivity index (χ3n) is 2.75. The summed E-state index contributed by atoms with van der Waals surface area (Å²) >= 11 is 0. The van der Waals surface area contributed by atoms with Gasteiger partial charge in [0.2, 0.25) is 11.7 Å². The fourth-order valence-electron chi connectivity index (χ4n) is 1.83. The molecular weight excluding hydrogens is 226 g/mol. The van der Waals surface area contributed by atoms with Gasteiger partial charge in [-0.3, -0.25) is 4.79 Å². The lowest BCUT2D eigenvalue weighted by atomic mass is 10.4. The number of carbonyl (C=O) groups is 1. The monoisotopic (exact) mass is 239 g/mol. The van der Waals surface area contributed by atoms with Gasteiger partial charge in [-0.2, -0.15) is 4.68 Å². The standard InChI is InChI=1S/C9H13N5O3/c1-7-10-9(14(16)17)11-13(7)6-8(15)12-4-2-3-5-12/h2-6H2,1H3. The predicted octanol–water partition coefficient (Wildman–Crippen LogP) is 0.117. The van der Waals surface area contributed by atoms with E-state index in [1.807, 2.05) is 0 Å². The number of aryl methyl sites for hydroxylation is 1. The number of nitro groups is 1. The molecule has 2 heterocycles. The fourth-order valence-corrected chi connectivity index (χ4v) is 1.83. The summed E-state index contributed by atoms with van der Waals surface area (Å²) in [7, 11) is 0. The molecule has 1 fully saturated rings. The summed E-state index contributed by atoms with van der Waals surface area (Å²) < 4.78 is 1.28. The number of rotatable bonds is 3. The van der Waals surface area contributed by atoms with E-state index in [0.717, 1.165) is 25.9 Å². The van der Waals surface area contributed by atoms with Crippen LogP contribution in [0.4, 0.5) is 5.95 Å². The van der Waals surface area contributed by atoms with Gasteiger partial charge in [0.1, 0.15) is 6.54 Å². The highest BCUT2D eigenvalue weighted by Gasteiger charge is 2.23. The average molecular weight is 239 g/mol. The lowest BCUT2D eigenvalue weighted by molar-refractivity contribution is -0.394. The van der Waals surface area contributed by atoms with Crippen LogP contribution >= 0.6 is 0 Å². The number of amides is 1. The molecule has 0 unspecified atom stereocenters. The summed E-state index contributed by atoms with van der Waals surface area (Å²) in [4.78, 5) is 27.0. The molecule has 1 aliphatic heterocycles. The van der Waals surface area contributed by atoms with Crippen LogP contribution in [0.25, 0.3) is 0 Å². The molecule has 0 atom stereocenters. The molecule has 17 heavy (non-hydrogen) atoms. The van der Waals surface area contributed by atoms with Crippen LogP contribution in [0.3, 0.4) is 0 Å². The molecule has 0 spiro atoms. The van der Waals surface area contributed by atoms with Crippen LogP contribution in [0.1, 0.15) is 18.7 Å². The minimum absolute atomic E-state index is 0.0205. The smallest absolute Gasteiger partial charge is 0.390 e. The summed E-state index contributed by atoms with van der Waals surface area (Å²) in [6, 6.07) is 0. The zero-order valence-corrected chi connectivity index (χ0v) is 9.50. The molecule has 1 aromatic heterocycles. The molecule has 1 amide bonds. The van der Waals surface area contributed by atoms with Crippen molar-refractivity contribution >= 4 is 11.9 Å². The molecule has 0 aromatic carbocycles. The van der Waals surface area contributed by atoms with Gasteiger partial charge in [-0.25, -0.2) is 0 Å². The lowest BCUT2D eigenvalue weighted by Crippen LogP contribution is -2.31. The highest BCUT2D eigenvalue weighted by molar-refractivity contribution is 5.76. The normalized spacial score (nSPS) is 15.2. The Labute approximate surface area is 97.4 Å². The van der Waals surface area contributed by atoms with Gasteiger partial charge in [-0.15, -0.1) is 0 Å². The first-order valence-electron chi connectivity index (χ1n) is 5.41. The summed E-state index contributed by atoms with van der Waals surface area (Å²) in [5.41, 5.74) is 0. The molecule has 8 nitrogen and oxygen atoms in total. The largest absolute Gasteiger partial charge is 0.491 e. The second-order valence-corrected chi connectivity index (χ2v) is 3.96. The lowest BCUT2D eigenvalue weighted by Gasteiger charge is -2.13. The van der Waals surface area contributed by atoms with E-state index in [4.69, 9.17) is 0 Å². The second-order valence-electron chi connectivity index (χ2n) is 3.96. The molecule has 0 N–H and O–H groups in total. The second kappa shape index (κ2) is 4.48. The zero-order chi connectivity index (χ0) is 12.4. The van der Waals surface area contributed by atoms with E-state index in [2.05, 4.69) is 10.1 Å². The number of hydrogen-bond acceptors (Lipinski definition) is 5. The van der Waals surface area contributed by atoms with Crippen molar-refractivity contribution < 1.29 is 9.72 Å². The summed E-state index contributed by atoms with van der Waals surface area (Å²) in [5, 5.41) is 14.2. The van der Waals surface area contributed by atoms with E-state index in [9.17, 15) is 14.9 Å². The first-order chi connectivity index (χ1) is 8.08. The van der Waals surface area contributed by atoms with E-state index in [1.165, 1.54) is 4.68 Å². The quantitative estimate of drug-likeness (QED) is 0.551. The van der Waals surface area contributed by atoms with Crippen molar-refractivity contribution in [2.75, 3.05) is 13.1 Å². The Balaban J connectivity index is 2.07. The van der Waals surface area contributed by atoms with Gasteiger partial charge < -0.3 is 15.0 Å². The van der Waals surface area contributed by atoms with E-state index in [1.54, 1.807) is 11.8 Å². The van der Waals surface area contributed by atoms with Gasteiger partial charge >= 0.3 is 5.95 Å².